The lowest BCUT2D eigenvalue weighted by Crippen LogP contribution is -2.23. The van der Waals surface area contributed by atoms with Gasteiger partial charge in [0.05, 0.1) is 12.3 Å². The molecular weight excluding hydrogens is 142 g/mol. The molecule has 0 aromatic rings. The Hall–Kier alpha value is -0.830. The highest BCUT2D eigenvalue weighted by Gasteiger charge is 2.03. The molecule has 0 heterocycles. The summed E-state index contributed by atoms with van der Waals surface area (Å²) >= 11 is 0. The maximum Gasteiger partial charge on any atom is 0.175 e. The Morgan fingerprint density at radius 1 is 1.36 bits per heavy atom. The van der Waals surface area contributed by atoms with Crippen LogP contribution in [0.15, 0.2) is 11.3 Å². The molecule has 0 fully saturated rings. The summed E-state index contributed by atoms with van der Waals surface area (Å²) in [6.45, 7) is 5.71. The summed E-state index contributed by atoms with van der Waals surface area (Å²) in [6.07, 6.45) is 0. The molecule has 0 spiro atoms. The van der Waals surface area contributed by atoms with Crippen LogP contribution in [0.25, 0.3) is 0 Å². The van der Waals surface area contributed by atoms with Gasteiger partial charge in [0.2, 0.25) is 0 Å². The van der Waals surface area contributed by atoms with Gasteiger partial charge in [-0.05, 0) is 19.4 Å². The van der Waals surface area contributed by atoms with Crippen LogP contribution >= 0.6 is 0 Å². The third-order valence-corrected chi connectivity index (χ3v) is 1.27. The zero-order chi connectivity index (χ0) is 8.85. The molecule has 0 aliphatic rings. The normalized spacial score (nSPS) is 9.09. The first kappa shape index (κ1) is 10.2. The Labute approximate surface area is 67.1 Å². The van der Waals surface area contributed by atoms with E-state index in [-0.39, 0.29) is 12.4 Å². The molecule has 0 atom stereocenters. The Balaban J connectivity index is 4.14. The number of hydrogen-bond donors (Lipinski definition) is 2. The Kier molecular flexibility index (Phi) is 4.54. The lowest BCUT2D eigenvalue weighted by Gasteiger charge is -2.07. The van der Waals surface area contributed by atoms with Gasteiger partial charge in [-0.15, -0.1) is 0 Å². The van der Waals surface area contributed by atoms with E-state index in [0.29, 0.717) is 12.2 Å². The van der Waals surface area contributed by atoms with Crippen LogP contribution in [-0.4, -0.2) is 24.0 Å². The molecule has 3 nitrogen and oxygen atoms in total. The van der Waals surface area contributed by atoms with Gasteiger partial charge in [-0.1, -0.05) is 0 Å². The molecule has 3 heteroatoms. The van der Waals surface area contributed by atoms with Crippen molar-refractivity contribution in [3.8, 4) is 0 Å². The second-order valence-corrected chi connectivity index (χ2v) is 2.58. The first-order chi connectivity index (χ1) is 5.09. The molecule has 0 aromatic carbocycles. The number of aliphatic hydroxyl groups excluding tert-OH is 1. The van der Waals surface area contributed by atoms with E-state index >= 15 is 0 Å². The van der Waals surface area contributed by atoms with Gasteiger partial charge in [0.25, 0.3) is 0 Å². The van der Waals surface area contributed by atoms with Crippen LogP contribution in [-0.2, 0) is 4.79 Å². The van der Waals surface area contributed by atoms with E-state index in [0.717, 1.165) is 5.57 Å². The molecular formula is C8H15NO2. The number of ketones is 1. The largest absolute Gasteiger partial charge is 0.395 e. The SMILES string of the molecule is CC(=O)C(NCCO)=C(C)C. The van der Waals surface area contributed by atoms with Crippen LogP contribution in [0.1, 0.15) is 20.8 Å². The van der Waals surface area contributed by atoms with Crippen molar-refractivity contribution < 1.29 is 9.90 Å². The first-order valence-electron chi connectivity index (χ1n) is 3.62. The number of hydrogen-bond acceptors (Lipinski definition) is 3. The lowest BCUT2D eigenvalue weighted by molar-refractivity contribution is -0.114. The fourth-order valence-corrected chi connectivity index (χ4v) is 0.834. The monoisotopic (exact) mass is 157 g/mol. The van der Waals surface area contributed by atoms with Gasteiger partial charge >= 0.3 is 0 Å². The number of aliphatic hydroxyl groups is 1. The van der Waals surface area contributed by atoms with E-state index in [4.69, 9.17) is 5.11 Å². The second-order valence-electron chi connectivity index (χ2n) is 2.58. The smallest absolute Gasteiger partial charge is 0.175 e. The molecule has 2 N–H and O–H groups in total. The minimum atomic E-state index is 0.0125. The van der Waals surface area contributed by atoms with E-state index in [1.54, 1.807) is 0 Å². The summed E-state index contributed by atoms with van der Waals surface area (Å²) in [7, 11) is 0. The highest BCUT2D eigenvalue weighted by Crippen LogP contribution is 1.99. The number of carbonyl (C=O) groups excluding carboxylic acids is 1. The average Bonchev–Trinajstić information content (AvgIpc) is 1.87. The summed E-state index contributed by atoms with van der Waals surface area (Å²) in [5.41, 5.74) is 1.56. The van der Waals surface area contributed by atoms with Crippen molar-refractivity contribution in [1.29, 1.82) is 0 Å². The van der Waals surface area contributed by atoms with Gasteiger partial charge in [-0.25, -0.2) is 0 Å². The first-order valence-corrected chi connectivity index (χ1v) is 3.62. The second kappa shape index (κ2) is 4.91. The van der Waals surface area contributed by atoms with Crippen molar-refractivity contribution in [3.05, 3.63) is 11.3 Å². The van der Waals surface area contributed by atoms with E-state index in [2.05, 4.69) is 5.32 Å². The molecule has 0 aliphatic carbocycles. The summed E-state index contributed by atoms with van der Waals surface area (Å²) in [5, 5.41) is 11.3. The van der Waals surface area contributed by atoms with Crippen LogP contribution in [0, 0.1) is 0 Å². The van der Waals surface area contributed by atoms with Crippen molar-refractivity contribution in [1.82, 2.24) is 5.32 Å². The average molecular weight is 157 g/mol. The highest BCUT2D eigenvalue weighted by molar-refractivity contribution is 5.93. The standard InChI is InChI=1S/C8H15NO2/c1-6(2)8(7(3)11)9-4-5-10/h9-10H,4-5H2,1-3H3. The minimum Gasteiger partial charge on any atom is -0.395 e. The quantitative estimate of drug-likeness (QED) is 0.582. The predicted octanol–water partition coefficient (Wildman–Crippen LogP) is 0.451. The Morgan fingerprint density at radius 2 is 1.91 bits per heavy atom. The molecule has 11 heavy (non-hydrogen) atoms. The molecule has 0 aromatic heterocycles. The van der Waals surface area contributed by atoms with Gasteiger partial charge in [-0.2, -0.15) is 0 Å². The van der Waals surface area contributed by atoms with Crippen molar-refractivity contribution >= 4 is 5.78 Å². The maximum atomic E-state index is 10.9. The van der Waals surface area contributed by atoms with E-state index in [1.165, 1.54) is 6.92 Å². The van der Waals surface area contributed by atoms with E-state index in [9.17, 15) is 4.79 Å². The number of carbonyl (C=O) groups is 1. The van der Waals surface area contributed by atoms with Gasteiger partial charge in [0.15, 0.2) is 5.78 Å². The van der Waals surface area contributed by atoms with Crippen LogP contribution in [0.4, 0.5) is 0 Å². The molecule has 0 aliphatic heterocycles. The minimum absolute atomic E-state index is 0.0125. The molecule has 0 unspecified atom stereocenters. The van der Waals surface area contributed by atoms with E-state index in [1.807, 2.05) is 13.8 Å². The third-order valence-electron chi connectivity index (χ3n) is 1.27. The number of nitrogens with one attached hydrogen (secondary N) is 1. The third kappa shape index (κ3) is 3.78. The zero-order valence-electron chi connectivity index (χ0n) is 7.27. The van der Waals surface area contributed by atoms with Crippen molar-refractivity contribution in [3.63, 3.8) is 0 Å². The van der Waals surface area contributed by atoms with E-state index < -0.39 is 0 Å². The van der Waals surface area contributed by atoms with Crippen LogP contribution < -0.4 is 5.32 Å². The van der Waals surface area contributed by atoms with Gasteiger partial charge < -0.3 is 10.4 Å². The lowest BCUT2D eigenvalue weighted by atomic mass is 10.2. The van der Waals surface area contributed by atoms with Crippen LogP contribution in [0.2, 0.25) is 0 Å². The Morgan fingerprint density at radius 3 is 2.18 bits per heavy atom. The van der Waals surface area contributed by atoms with Gasteiger partial charge in [0, 0.05) is 13.5 Å². The van der Waals surface area contributed by atoms with Crippen molar-refractivity contribution in [2.75, 3.05) is 13.2 Å². The summed E-state index contributed by atoms with van der Waals surface area (Å²) in [5.74, 6) is 0.0125. The van der Waals surface area contributed by atoms with Gasteiger partial charge in [-0.3, -0.25) is 4.79 Å². The topological polar surface area (TPSA) is 49.3 Å². The summed E-state index contributed by atoms with van der Waals surface area (Å²) < 4.78 is 0. The van der Waals surface area contributed by atoms with Crippen LogP contribution in [0.5, 0.6) is 0 Å². The number of allylic oxidation sites excluding steroid dienone is 2. The predicted molar refractivity (Wildman–Crippen MR) is 44.1 cm³/mol. The van der Waals surface area contributed by atoms with Crippen molar-refractivity contribution in [2.45, 2.75) is 20.8 Å². The fourth-order valence-electron chi connectivity index (χ4n) is 0.834. The van der Waals surface area contributed by atoms with Gasteiger partial charge in [0.1, 0.15) is 0 Å². The number of Topliss-reactive ketones (excluding diaryl/α,β-unsaturated/α-hetero) is 1. The zero-order valence-corrected chi connectivity index (χ0v) is 7.27. The Bertz CT molecular complexity index is 169. The molecule has 0 bridgehead atoms. The maximum absolute atomic E-state index is 10.9. The molecule has 64 valence electrons. The van der Waals surface area contributed by atoms with Crippen molar-refractivity contribution in [2.24, 2.45) is 0 Å². The number of rotatable bonds is 4. The summed E-state index contributed by atoms with van der Waals surface area (Å²) in [4.78, 5) is 10.9. The fraction of sp³-hybridized carbons (Fsp3) is 0.625. The molecule has 0 rings (SSSR count). The highest BCUT2D eigenvalue weighted by atomic mass is 16.3. The molecule has 0 radical (unpaired) electrons. The molecule has 0 amide bonds. The molecule has 0 saturated heterocycles. The summed E-state index contributed by atoms with van der Waals surface area (Å²) in [6, 6.07) is 0. The van der Waals surface area contributed by atoms with Crippen LogP contribution in [0.3, 0.4) is 0 Å². The molecule has 0 saturated carbocycles.